The molecule has 2 aliphatic heterocycles. The summed E-state index contributed by atoms with van der Waals surface area (Å²) in [5.41, 5.74) is 2.53. The zero-order valence-electron chi connectivity index (χ0n) is 12.8. The minimum absolute atomic E-state index is 0.0954. The molecule has 2 nitrogen and oxygen atoms in total. The van der Waals surface area contributed by atoms with Gasteiger partial charge in [0.05, 0.1) is 0 Å². The Kier molecular flexibility index (Phi) is 2.03. The number of benzene rings is 2. The van der Waals surface area contributed by atoms with Crippen LogP contribution >= 0.6 is 0 Å². The van der Waals surface area contributed by atoms with Crippen LogP contribution in [0, 0.1) is 23.7 Å². The predicted octanol–water partition coefficient (Wildman–Crippen LogP) is 4.70. The third-order valence-electron chi connectivity index (χ3n) is 6.70. The van der Waals surface area contributed by atoms with Crippen LogP contribution in [-0.4, -0.2) is 0 Å². The fourth-order valence-electron chi connectivity index (χ4n) is 5.62. The van der Waals surface area contributed by atoms with Crippen molar-refractivity contribution in [3.05, 3.63) is 83.9 Å². The lowest BCUT2D eigenvalue weighted by molar-refractivity contribution is 0.0165. The molecule has 23 heavy (non-hydrogen) atoms. The van der Waals surface area contributed by atoms with E-state index < -0.39 is 0 Å². The first-order valence-electron chi connectivity index (χ1n) is 8.61. The highest BCUT2D eigenvalue weighted by Crippen LogP contribution is 2.77. The fourth-order valence-corrected chi connectivity index (χ4v) is 5.62. The Bertz CT molecular complexity index is 771. The molecule has 0 unspecified atom stereocenters. The third kappa shape index (κ3) is 1.21. The highest BCUT2D eigenvalue weighted by molar-refractivity contribution is 5.47. The molecule has 0 N–H and O–H groups in total. The molecule has 2 saturated carbocycles. The minimum Gasteiger partial charge on any atom is -0.181 e. The van der Waals surface area contributed by atoms with Crippen LogP contribution in [0.1, 0.15) is 17.5 Å². The molecule has 6 atom stereocenters. The van der Waals surface area contributed by atoms with E-state index in [1.165, 1.54) is 17.5 Å². The summed E-state index contributed by atoms with van der Waals surface area (Å²) in [5, 5.41) is 10.1. The van der Waals surface area contributed by atoms with Crippen LogP contribution in [0.15, 0.2) is 83.0 Å². The molecule has 2 aromatic rings. The number of hydrogen-bond donors (Lipinski definition) is 0. The summed E-state index contributed by atoms with van der Waals surface area (Å²) >= 11 is 0. The molecule has 0 amide bonds. The van der Waals surface area contributed by atoms with Gasteiger partial charge in [0.1, 0.15) is 11.1 Å². The first-order chi connectivity index (χ1) is 11.4. The van der Waals surface area contributed by atoms with E-state index in [-0.39, 0.29) is 11.1 Å². The molecule has 112 valence electrons. The molecule has 2 aromatic carbocycles. The summed E-state index contributed by atoms with van der Waals surface area (Å²) in [7, 11) is 0. The minimum atomic E-state index is -0.0954. The standard InChI is InChI=1S/C21H18N2/c1-3-7-14(8-4-1)20-16-11-12-17(16)21(23-22-20,19-13-18(19)20)15-9-5-2-6-10-15/h1-12,16-19H,13H2/t16-,17-,18-,19+,20+,21-/m0/s1. The molecular formula is C21H18N2. The van der Waals surface area contributed by atoms with Gasteiger partial charge < -0.3 is 0 Å². The summed E-state index contributed by atoms with van der Waals surface area (Å²) < 4.78 is 0. The fraction of sp³-hybridized carbons (Fsp3) is 0.333. The molecule has 3 aliphatic carbocycles. The van der Waals surface area contributed by atoms with Gasteiger partial charge >= 0.3 is 0 Å². The van der Waals surface area contributed by atoms with Crippen molar-refractivity contribution in [2.45, 2.75) is 17.5 Å². The van der Waals surface area contributed by atoms with Crippen LogP contribution < -0.4 is 0 Å². The maximum absolute atomic E-state index is 5.03. The van der Waals surface area contributed by atoms with E-state index in [1.54, 1.807) is 0 Å². The van der Waals surface area contributed by atoms with Gasteiger partial charge in [-0.15, -0.1) is 0 Å². The first kappa shape index (κ1) is 12.2. The molecule has 2 bridgehead atoms. The molecule has 2 heteroatoms. The van der Waals surface area contributed by atoms with Gasteiger partial charge in [-0.1, -0.05) is 72.8 Å². The SMILES string of the molecule is C1=C[C@H]2[C@H]1[C@]1(c3ccccc3)N=N[C@@]2(c2ccccc2)[C@H]2C[C@H]21. The normalized spacial score (nSPS) is 44.3. The zero-order chi connectivity index (χ0) is 15.1. The molecular weight excluding hydrogens is 280 g/mol. The van der Waals surface area contributed by atoms with Gasteiger partial charge in [0, 0.05) is 11.8 Å². The third-order valence-corrected chi connectivity index (χ3v) is 6.70. The molecule has 0 saturated heterocycles. The lowest BCUT2D eigenvalue weighted by Gasteiger charge is -2.58. The van der Waals surface area contributed by atoms with E-state index in [0.717, 1.165) is 0 Å². The van der Waals surface area contributed by atoms with E-state index in [2.05, 4.69) is 72.8 Å². The van der Waals surface area contributed by atoms with Gasteiger partial charge in [-0.25, -0.2) is 0 Å². The Labute approximate surface area is 136 Å². The van der Waals surface area contributed by atoms with E-state index >= 15 is 0 Å². The number of hydrogen-bond acceptors (Lipinski definition) is 2. The Hall–Kier alpha value is -2.22. The molecule has 5 aliphatic rings. The highest BCUT2D eigenvalue weighted by Gasteiger charge is 2.77. The van der Waals surface area contributed by atoms with Crippen molar-refractivity contribution in [2.24, 2.45) is 33.9 Å². The van der Waals surface area contributed by atoms with Gasteiger partial charge in [0.15, 0.2) is 0 Å². The number of rotatable bonds is 2. The van der Waals surface area contributed by atoms with Crippen molar-refractivity contribution in [3.8, 4) is 0 Å². The molecule has 2 fully saturated rings. The molecule has 0 radical (unpaired) electrons. The quantitative estimate of drug-likeness (QED) is 0.718. The maximum Gasteiger partial charge on any atom is 0.116 e. The van der Waals surface area contributed by atoms with E-state index in [0.29, 0.717) is 23.7 Å². The van der Waals surface area contributed by atoms with Crippen LogP contribution in [-0.2, 0) is 11.1 Å². The van der Waals surface area contributed by atoms with Gasteiger partial charge in [-0.05, 0) is 29.4 Å². The van der Waals surface area contributed by atoms with Gasteiger partial charge in [0.2, 0.25) is 0 Å². The van der Waals surface area contributed by atoms with Crippen molar-refractivity contribution in [2.75, 3.05) is 0 Å². The second-order valence-corrected chi connectivity index (χ2v) is 7.47. The average Bonchev–Trinajstić information content (AvgIpc) is 3.39. The Morgan fingerprint density at radius 3 is 1.48 bits per heavy atom. The van der Waals surface area contributed by atoms with Crippen LogP contribution in [0.3, 0.4) is 0 Å². The summed E-state index contributed by atoms with van der Waals surface area (Å²) in [6.07, 6.45) is 6.04. The Morgan fingerprint density at radius 2 is 1.09 bits per heavy atom. The first-order valence-corrected chi connectivity index (χ1v) is 8.61. The second-order valence-electron chi connectivity index (χ2n) is 7.47. The maximum atomic E-state index is 5.03. The van der Waals surface area contributed by atoms with Crippen molar-refractivity contribution >= 4 is 0 Å². The predicted molar refractivity (Wildman–Crippen MR) is 88.8 cm³/mol. The van der Waals surface area contributed by atoms with Crippen LogP contribution in [0.4, 0.5) is 0 Å². The van der Waals surface area contributed by atoms with Crippen LogP contribution in [0.25, 0.3) is 0 Å². The number of nitrogens with zero attached hydrogens (tertiary/aromatic N) is 2. The molecule has 0 aromatic heterocycles. The summed E-state index contributed by atoms with van der Waals surface area (Å²) in [5.74, 6) is 2.31. The molecule has 0 spiro atoms. The highest BCUT2D eigenvalue weighted by atomic mass is 15.3. The second kappa shape index (κ2) is 3.81. The van der Waals surface area contributed by atoms with Gasteiger partial charge in [0.25, 0.3) is 0 Å². The molecule has 7 rings (SSSR count). The Morgan fingerprint density at radius 1 is 0.652 bits per heavy atom. The van der Waals surface area contributed by atoms with Crippen LogP contribution in [0.2, 0.25) is 0 Å². The lowest BCUT2D eigenvalue weighted by Crippen LogP contribution is -2.58. The van der Waals surface area contributed by atoms with Crippen molar-refractivity contribution in [1.29, 1.82) is 0 Å². The smallest absolute Gasteiger partial charge is 0.116 e. The Balaban J connectivity index is 1.60. The number of azo groups is 1. The topological polar surface area (TPSA) is 24.7 Å². The van der Waals surface area contributed by atoms with Crippen LogP contribution in [0.5, 0.6) is 0 Å². The average molecular weight is 298 g/mol. The monoisotopic (exact) mass is 298 g/mol. The molecule has 2 heterocycles. The van der Waals surface area contributed by atoms with E-state index in [4.69, 9.17) is 10.2 Å². The van der Waals surface area contributed by atoms with E-state index in [9.17, 15) is 0 Å². The van der Waals surface area contributed by atoms with Crippen molar-refractivity contribution in [3.63, 3.8) is 0 Å². The van der Waals surface area contributed by atoms with Gasteiger partial charge in [-0.2, -0.15) is 10.2 Å². The summed E-state index contributed by atoms with van der Waals surface area (Å²) in [4.78, 5) is 0. The largest absolute Gasteiger partial charge is 0.181 e. The van der Waals surface area contributed by atoms with Crippen molar-refractivity contribution < 1.29 is 0 Å². The zero-order valence-corrected chi connectivity index (χ0v) is 12.8. The summed E-state index contributed by atoms with van der Waals surface area (Å²) in [6.45, 7) is 0. The van der Waals surface area contributed by atoms with Gasteiger partial charge in [-0.3, -0.25) is 0 Å². The van der Waals surface area contributed by atoms with E-state index in [1.807, 2.05) is 0 Å². The van der Waals surface area contributed by atoms with Crippen molar-refractivity contribution in [1.82, 2.24) is 0 Å². The lowest BCUT2D eigenvalue weighted by atomic mass is 9.51. The summed E-state index contributed by atoms with van der Waals surface area (Å²) in [6, 6.07) is 21.7.